The molecular weight excluding hydrogens is 334 g/mol. The quantitative estimate of drug-likeness (QED) is 0.669. The lowest BCUT2D eigenvalue weighted by Gasteiger charge is -2.62. The summed E-state index contributed by atoms with van der Waals surface area (Å²) in [7, 11) is 0. The van der Waals surface area contributed by atoms with Crippen LogP contribution in [0.4, 0.5) is 0 Å². The summed E-state index contributed by atoms with van der Waals surface area (Å²) in [5.74, 6) is 3.26. The average Bonchev–Trinajstić information content (AvgIpc) is 3.03. The van der Waals surface area contributed by atoms with Gasteiger partial charge < -0.3 is 9.59 Å². The van der Waals surface area contributed by atoms with Gasteiger partial charge >= 0.3 is 0 Å². The molecule has 3 aliphatic carbocycles. The van der Waals surface area contributed by atoms with Gasteiger partial charge in [0.25, 0.3) is 0 Å². The molecule has 1 saturated heterocycles. The van der Waals surface area contributed by atoms with Gasteiger partial charge in [-0.1, -0.05) is 20.8 Å². The summed E-state index contributed by atoms with van der Waals surface area (Å²) in [5, 5.41) is 0. The molecule has 3 heteroatoms. The van der Waals surface area contributed by atoms with E-state index in [9.17, 15) is 9.59 Å². The van der Waals surface area contributed by atoms with Gasteiger partial charge in [-0.15, -0.1) is 0 Å². The van der Waals surface area contributed by atoms with Crippen LogP contribution in [0.5, 0.6) is 0 Å². The fourth-order valence-corrected chi connectivity index (χ4v) is 8.32. The summed E-state index contributed by atoms with van der Waals surface area (Å²) in [4.78, 5) is 25.5. The maximum absolute atomic E-state index is 11.5. The fourth-order valence-electron chi connectivity index (χ4n) is 8.32. The van der Waals surface area contributed by atoms with Crippen LogP contribution < -0.4 is 0 Å². The second-order valence-electron chi connectivity index (χ2n) is 11.1. The van der Waals surface area contributed by atoms with E-state index in [1.807, 2.05) is 0 Å². The minimum Gasteiger partial charge on any atom is -0.303 e. The van der Waals surface area contributed by atoms with Crippen LogP contribution >= 0.6 is 0 Å². The van der Waals surface area contributed by atoms with Crippen LogP contribution in [0.25, 0.3) is 0 Å². The van der Waals surface area contributed by atoms with Crippen molar-refractivity contribution < 1.29 is 9.59 Å². The first-order valence-electron chi connectivity index (χ1n) is 11.5. The van der Waals surface area contributed by atoms with Gasteiger partial charge in [-0.25, -0.2) is 0 Å². The molecule has 4 unspecified atom stereocenters. The molecule has 0 aromatic carbocycles. The fraction of sp³-hybridized carbons (Fsp3) is 0.917. The zero-order valence-corrected chi connectivity index (χ0v) is 17.8. The highest BCUT2D eigenvalue weighted by atomic mass is 16.1. The van der Waals surface area contributed by atoms with Gasteiger partial charge in [-0.2, -0.15) is 0 Å². The molecule has 152 valence electrons. The molecule has 4 aliphatic rings. The zero-order chi connectivity index (χ0) is 19.4. The molecule has 1 aliphatic heterocycles. The van der Waals surface area contributed by atoms with Gasteiger partial charge in [0, 0.05) is 12.0 Å². The lowest BCUT2D eigenvalue weighted by atomic mass is 9.47. The van der Waals surface area contributed by atoms with Crippen molar-refractivity contribution in [2.24, 2.45) is 40.4 Å². The van der Waals surface area contributed by atoms with E-state index in [0.717, 1.165) is 30.6 Å². The molecule has 0 N–H and O–H groups in total. The van der Waals surface area contributed by atoms with Crippen molar-refractivity contribution in [1.82, 2.24) is 4.90 Å². The van der Waals surface area contributed by atoms with Crippen molar-refractivity contribution in [3.05, 3.63) is 0 Å². The van der Waals surface area contributed by atoms with Gasteiger partial charge in [0.2, 0.25) is 0 Å². The van der Waals surface area contributed by atoms with Crippen molar-refractivity contribution >= 4 is 12.6 Å². The highest BCUT2D eigenvalue weighted by molar-refractivity contribution is 5.57. The van der Waals surface area contributed by atoms with Gasteiger partial charge in [0.15, 0.2) is 0 Å². The number of hydrogen-bond donors (Lipinski definition) is 0. The Labute approximate surface area is 165 Å². The Morgan fingerprint density at radius 1 is 1.00 bits per heavy atom. The van der Waals surface area contributed by atoms with Crippen LogP contribution in [0.3, 0.4) is 0 Å². The Morgan fingerprint density at radius 2 is 1.78 bits per heavy atom. The van der Waals surface area contributed by atoms with Crippen LogP contribution in [0.15, 0.2) is 0 Å². The molecule has 0 spiro atoms. The van der Waals surface area contributed by atoms with Gasteiger partial charge in [-0.3, -0.25) is 4.90 Å². The number of nitrogens with zero attached hydrogens (tertiary/aromatic N) is 1. The maximum atomic E-state index is 11.5. The number of hydrogen-bond acceptors (Lipinski definition) is 3. The first-order valence-corrected chi connectivity index (χ1v) is 11.5. The summed E-state index contributed by atoms with van der Waals surface area (Å²) in [6.45, 7) is 10.4. The summed E-state index contributed by atoms with van der Waals surface area (Å²) >= 11 is 0. The molecule has 27 heavy (non-hydrogen) atoms. The molecule has 3 saturated carbocycles. The number of carbonyl (C=O) groups is 2. The van der Waals surface area contributed by atoms with E-state index in [1.54, 1.807) is 0 Å². The lowest BCUT2D eigenvalue weighted by molar-refractivity contribution is -0.137. The van der Waals surface area contributed by atoms with Gasteiger partial charge in [-0.05, 0) is 99.3 Å². The standard InChI is InChI=1S/C24H39NO2/c1-16(14-26)18-12-21-19-6-7-22-24(4,9-5-11-25(22)17(2)15-27)20(19)8-10-23(21,3)13-18/h14-22H,5-13H2,1-4H3/t16?,17?,18?,19-,20-,21+,22?,23-,24-/m1/s1. The normalized spacial score (nSPS) is 49.4. The number of likely N-dealkylation sites (tertiary alicyclic amines) is 1. The van der Waals surface area contributed by atoms with E-state index in [1.165, 1.54) is 57.7 Å². The van der Waals surface area contributed by atoms with Crippen molar-refractivity contribution in [3.63, 3.8) is 0 Å². The smallest absolute Gasteiger partial charge is 0.136 e. The zero-order valence-electron chi connectivity index (χ0n) is 17.8. The molecule has 3 nitrogen and oxygen atoms in total. The third-order valence-corrected chi connectivity index (χ3v) is 9.83. The predicted molar refractivity (Wildman–Crippen MR) is 108 cm³/mol. The molecule has 9 atom stereocenters. The van der Waals surface area contributed by atoms with Crippen LogP contribution in [0.2, 0.25) is 0 Å². The third-order valence-electron chi connectivity index (χ3n) is 9.83. The van der Waals surface area contributed by atoms with Crippen LogP contribution in [-0.4, -0.2) is 36.1 Å². The van der Waals surface area contributed by atoms with Gasteiger partial charge in [0.1, 0.15) is 12.6 Å². The monoisotopic (exact) mass is 373 g/mol. The van der Waals surface area contributed by atoms with E-state index in [0.29, 0.717) is 22.8 Å². The number of carbonyl (C=O) groups excluding carboxylic acids is 2. The number of rotatable bonds is 4. The van der Waals surface area contributed by atoms with Crippen molar-refractivity contribution in [3.8, 4) is 0 Å². The Kier molecular flexibility index (Phi) is 5.06. The topological polar surface area (TPSA) is 37.4 Å². The number of aldehydes is 2. The molecule has 1 heterocycles. The number of fused-ring (bicyclic) bond motifs is 5. The second-order valence-corrected chi connectivity index (χ2v) is 11.1. The third kappa shape index (κ3) is 2.94. The van der Waals surface area contributed by atoms with Gasteiger partial charge in [0.05, 0.1) is 6.04 Å². The van der Waals surface area contributed by atoms with Crippen molar-refractivity contribution in [2.75, 3.05) is 6.54 Å². The minimum atomic E-state index is 0.0596. The summed E-state index contributed by atoms with van der Waals surface area (Å²) < 4.78 is 0. The Balaban J connectivity index is 1.59. The van der Waals surface area contributed by atoms with E-state index >= 15 is 0 Å². The van der Waals surface area contributed by atoms with E-state index < -0.39 is 0 Å². The lowest BCUT2D eigenvalue weighted by Crippen LogP contribution is -2.62. The Hall–Kier alpha value is -0.700. The molecule has 0 aromatic heterocycles. The van der Waals surface area contributed by atoms with Crippen LogP contribution in [0, 0.1) is 40.4 Å². The van der Waals surface area contributed by atoms with E-state index in [4.69, 9.17) is 0 Å². The van der Waals surface area contributed by atoms with Crippen LogP contribution in [0.1, 0.15) is 79.1 Å². The molecular formula is C24H39NO2. The van der Waals surface area contributed by atoms with E-state index in [-0.39, 0.29) is 12.0 Å². The Bertz CT molecular complexity index is 591. The predicted octanol–water partition coefficient (Wildman–Crippen LogP) is 4.73. The maximum Gasteiger partial charge on any atom is 0.136 e. The minimum absolute atomic E-state index is 0.0596. The van der Waals surface area contributed by atoms with Crippen molar-refractivity contribution in [1.29, 1.82) is 0 Å². The Morgan fingerprint density at radius 3 is 2.48 bits per heavy atom. The second kappa shape index (κ2) is 6.97. The molecule has 0 amide bonds. The first-order chi connectivity index (χ1) is 12.8. The van der Waals surface area contributed by atoms with E-state index in [2.05, 4.69) is 32.6 Å². The summed E-state index contributed by atoms with van der Waals surface area (Å²) in [6.07, 6.45) is 12.7. The highest BCUT2D eigenvalue weighted by Crippen LogP contribution is 2.66. The average molecular weight is 374 g/mol. The van der Waals surface area contributed by atoms with Crippen molar-refractivity contribution in [2.45, 2.75) is 91.1 Å². The first kappa shape index (κ1) is 19.6. The SMILES string of the molecule is CC(C=O)C1C[C@H]2[C@@H]3CCC4N(C(C)C=O)CCC[C@]4(C)[C@@H]3CC[C@]2(C)C1. The van der Waals surface area contributed by atoms with Crippen LogP contribution in [-0.2, 0) is 9.59 Å². The largest absolute Gasteiger partial charge is 0.303 e. The highest BCUT2D eigenvalue weighted by Gasteiger charge is 2.60. The number of piperidine rings is 1. The molecule has 4 rings (SSSR count). The molecule has 0 aromatic rings. The summed E-state index contributed by atoms with van der Waals surface area (Å²) in [6, 6.07) is 0.646. The molecule has 0 radical (unpaired) electrons. The molecule has 4 fully saturated rings. The summed E-state index contributed by atoms with van der Waals surface area (Å²) in [5.41, 5.74) is 0.824. The molecule has 0 bridgehead atoms.